The monoisotopic (exact) mass is 224 g/mol. The molecular formula is C12H17ClN2. The molecule has 0 unspecified atom stereocenters. The van der Waals surface area contributed by atoms with Crippen molar-refractivity contribution in [1.29, 1.82) is 0 Å². The summed E-state index contributed by atoms with van der Waals surface area (Å²) in [6.45, 7) is 2.62. The van der Waals surface area contributed by atoms with Gasteiger partial charge in [0.2, 0.25) is 0 Å². The summed E-state index contributed by atoms with van der Waals surface area (Å²) in [4.78, 5) is 2.43. The Balaban J connectivity index is 2.02. The first kappa shape index (κ1) is 10.9. The van der Waals surface area contributed by atoms with Crippen LogP contribution < -0.4 is 5.73 Å². The number of nitrogens with two attached hydrogens (primary N) is 1. The summed E-state index contributed by atoms with van der Waals surface area (Å²) in [5.41, 5.74) is 6.82. The van der Waals surface area contributed by atoms with Crippen molar-refractivity contribution in [2.24, 2.45) is 5.73 Å². The maximum atomic E-state index is 6.14. The maximum absolute atomic E-state index is 6.14. The van der Waals surface area contributed by atoms with Crippen molar-refractivity contribution in [2.75, 3.05) is 13.1 Å². The zero-order valence-electron chi connectivity index (χ0n) is 8.82. The normalized spacial score (nSPS) is 15.9. The van der Waals surface area contributed by atoms with Gasteiger partial charge in [0.05, 0.1) is 0 Å². The Hall–Kier alpha value is -0.570. The summed E-state index contributed by atoms with van der Waals surface area (Å²) < 4.78 is 0. The zero-order valence-corrected chi connectivity index (χ0v) is 9.58. The molecule has 0 radical (unpaired) electrons. The van der Waals surface area contributed by atoms with Crippen LogP contribution in [0.4, 0.5) is 0 Å². The van der Waals surface area contributed by atoms with Gasteiger partial charge in [-0.25, -0.2) is 0 Å². The summed E-state index contributed by atoms with van der Waals surface area (Å²) in [6, 6.07) is 8.79. The number of hydrogen-bond acceptors (Lipinski definition) is 2. The molecule has 0 atom stereocenters. The number of halogens is 1. The second-order valence-corrected chi connectivity index (χ2v) is 4.49. The van der Waals surface area contributed by atoms with Crippen LogP contribution in [-0.4, -0.2) is 24.0 Å². The van der Waals surface area contributed by atoms with E-state index in [1.165, 1.54) is 18.4 Å². The minimum Gasteiger partial charge on any atom is -0.329 e. The summed E-state index contributed by atoms with van der Waals surface area (Å²) in [5, 5.41) is 0.861. The molecule has 2 N–H and O–H groups in total. The average molecular weight is 225 g/mol. The highest BCUT2D eigenvalue weighted by atomic mass is 35.5. The Morgan fingerprint density at radius 3 is 2.67 bits per heavy atom. The van der Waals surface area contributed by atoms with Crippen LogP contribution in [0.5, 0.6) is 0 Å². The van der Waals surface area contributed by atoms with Gasteiger partial charge in [0.25, 0.3) is 0 Å². The smallest absolute Gasteiger partial charge is 0.0451 e. The van der Waals surface area contributed by atoms with Crippen molar-refractivity contribution in [1.82, 2.24) is 4.90 Å². The van der Waals surface area contributed by atoms with Gasteiger partial charge in [-0.3, -0.25) is 4.90 Å². The van der Waals surface area contributed by atoms with Crippen molar-refractivity contribution in [3.8, 4) is 0 Å². The van der Waals surface area contributed by atoms with Crippen LogP contribution in [0.3, 0.4) is 0 Å². The molecule has 1 aromatic rings. The van der Waals surface area contributed by atoms with Gasteiger partial charge in [0.1, 0.15) is 0 Å². The minimum atomic E-state index is 0.723. The molecule has 0 spiro atoms. The molecule has 0 bridgehead atoms. The van der Waals surface area contributed by atoms with E-state index in [0.29, 0.717) is 0 Å². The molecule has 2 nitrogen and oxygen atoms in total. The third-order valence-electron chi connectivity index (χ3n) is 2.81. The molecule has 0 aliphatic heterocycles. The largest absolute Gasteiger partial charge is 0.329 e. The van der Waals surface area contributed by atoms with Crippen molar-refractivity contribution in [3.05, 3.63) is 34.9 Å². The van der Waals surface area contributed by atoms with Crippen LogP contribution >= 0.6 is 11.6 Å². The standard InChI is InChI=1S/C12H17ClN2/c13-12-4-2-1-3-10(12)9-15(8-7-14)11-5-6-11/h1-4,11H,5-9,14H2. The third-order valence-corrected chi connectivity index (χ3v) is 3.18. The first-order valence-electron chi connectivity index (χ1n) is 5.49. The van der Waals surface area contributed by atoms with Gasteiger partial charge in [-0.05, 0) is 24.5 Å². The van der Waals surface area contributed by atoms with Gasteiger partial charge in [-0.15, -0.1) is 0 Å². The fraction of sp³-hybridized carbons (Fsp3) is 0.500. The van der Waals surface area contributed by atoms with Gasteiger partial charge in [-0.1, -0.05) is 29.8 Å². The predicted molar refractivity (Wildman–Crippen MR) is 63.9 cm³/mol. The van der Waals surface area contributed by atoms with Crippen LogP contribution in [-0.2, 0) is 6.54 Å². The van der Waals surface area contributed by atoms with Crippen LogP contribution in [0.2, 0.25) is 5.02 Å². The third kappa shape index (κ3) is 2.94. The molecule has 1 fully saturated rings. The summed E-state index contributed by atoms with van der Waals surface area (Å²) >= 11 is 6.14. The topological polar surface area (TPSA) is 29.3 Å². The lowest BCUT2D eigenvalue weighted by atomic mass is 10.2. The highest BCUT2D eigenvalue weighted by molar-refractivity contribution is 6.31. The predicted octanol–water partition coefficient (Wildman–Crippen LogP) is 2.26. The lowest BCUT2D eigenvalue weighted by Gasteiger charge is -2.21. The molecule has 1 aliphatic rings. The van der Waals surface area contributed by atoms with Crippen molar-refractivity contribution < 1.29 is 0 Å². The molecule has 2 rings (SSSR count). The Morgan fingerprint density at radius 1 is 1.33 bits per heavy atom. The molecule has 15 heavy (non-hydrogen) atoms. The van der Waals surface area contributed by atoms with Crippen molar-refractivity contribution in [3.63, 3.8) is 0 Å². The minimum absolute atomic E-state index is 0.723. The van der Waals surface area contributed by atoms with Crippen LogP contribution in [0, 0.1) is 0 Å². The lowest BCUT2D eigenvalue weighted by Crippen LogP contribution is -2.31. The second-order valence-electron chi connectivity index (χ2n) is 4.08. The van der Waals surface area contributed by atoms with Gasteiger partial charge < -0.3 is 5.73 Å². The maximum Gasteiger partial charge on any atom is 0.0451 e. The van der Waals surface area contributed by atoms with Crippen molar-refractivity contribution in [2.45, 2.75) is 25.4 Å². The highest BCUT2D eigenvalue weighted by Gasteiger charge is 2.28. The van der Waals surface area contributed by atoms with Crippen molar-refractivity contribution >= 4 is 11.6 Å². The molecule has 3 heteroatoms. The highest BCUT2D eigenvalue weighted by Crippen LogP contribution is 2.29. The Morgan fingerprint density at radius 2 is 2.07 bits per heavy atom. The zero-order chi connectivity index (χ0) is 10.7. The molecule has 1 saturated carbocycles. The van der Waals surface area contributed by atoms with Crippen LogP contribution in [0.1, 0.15) is 18.4 Å². The molecule has 82 valence electrons. The first-order chi connectivity index (χ1) is 7.31. The van der Waals surface area contributed by atoms with Crippen LogP contribution in [0.25, 0.3) is 0 Å². The Kier molecular flexibility index (Phi) is 3.62. The summed E-state index contributed by atoms with van der Waals surface area (Å²) in [5.74, 6) is 0. The van der Waals surface area contributed by atoms with Crippen LogP contribution in [0.15, 0.2) is 24.3 Å². The first-order valence-corrected chi connectivity index (χ1v) is 5.86. The van der Waals surface area contributed by atoms with E-state index in [9.17, 15) is 0 Å². The number of nitrogens with zero attached hydrogens (tertiary/aromatic N) is 1. The van der Waals surface area contributed by atoms with Gasteiger partial charge in [-0.2, -0.15) is 0 Å². The van der Waals surface area contributed by atoms with E-state index in [2.05, 4.69) is 11.0 Å². The summed E-state index contributed by atoms with van der Waals surface area (Å²) in [7, 11) is 0. The fourth-order valence-corrected chi connectivity index (χ4v) is 2.04. The molecule has 0 saturated heterocycles. The molecule has 0 amide bonds. The van der Waals surface area contributed by atoms with E-state index >= 15 is 0 Å². The van der Waals surface area contributed by atoms with E-state index in [-0.39, 0.29) is 0 Å². The summed E-state index contributed by atoms with van der Waals surface area (Å²) in [6.07, 6.45) is 2.62. The second kappa shape index (κ2) is 4.97. The van der Waals surface area contributed by atoms with E-state index in [1.807, 2.05) is 18.2 Å². The van der Waals surface area contributed by atoms with Gasteiger partial charge in [0.15, 0.2) is 0 Å². The molecule has 0 aromatic heterocycles. The Bertz CT molecular complexity index is 323. The van der Waals surface area contributed by atoms with E-state index in [4.69, 9.17) is 17.3 Å². The van der Waals surface area contributed by atoms with E-state index < -0.39 is 0 Å². The number of hydrogen-bond donors (Lipinski definition) is 1. The quantitative estimate of drug-likeness (QED) is 0.832. The van der Waals surface area contributed by atoms with E-state index in [0.717, 1.165) is 30.7 Å². The molecule has 1 aromatic carbocycles. The average Bonchev–Trinajstić information content (AvgIpc) is 3.04. The van der Waals surface area contributed by atoms with Gasteiger partial charge >= 0.3 is 0 Å². The molecule has 1 aliphatic carbocycles. The fourth-order valence-electron chi connectivity index (χ4n) is 1.84. The van der Waals surface area contributed by atoms with Gasteiger partial charge in [0, 0.05) is 30.7 Å². The SMILES string of the molecule is NCCN(Cc1ccccc1Cl)C1CC1. The van der Waals surface area contributed by atoms with E-state index in [1.54, 1.807) is 0 Å². The number of rotatable bonds is 5. The Labute approximate surface area is 96.0 Å². The molecule has 0 heterocycles. The number of benzene rings is 1. The lowest BCUT2D eigenvalue weighted by molar-refractivity contribution is 0.262. The molecular weight excluding hydrogens is 208 g/mol.